The van der Waals surface area contributed by atoms with Crippen LogP contribution in [0.1, 0.15) is 12.8 Å². The van der Waals surface area contributed by atoms with E-state index in [0.717, 1.165) is 0 Å². The van der Waals surface area contributed by atoms with Gasteiger partial charge in [-0.2, -0.15) is 4.98 Å². The molecule has 0 fully saturated rings. The fourth-order valence-electron chi connectivity index (χ4n) is 3.39. The lowest BCUT2D eigenvalue weighted by Crippen LogP contribution is -2.40. The van der Waals surface area contributed by atoms with Gasteiger partial charge in [-0.15, -0.1) is 0 Å². The molecule has 0 saturated carbocycles. The molecular formula is C23H22N4O6. The first-order valence-electron chi connectivity index (χ1n) is 10.2. The van der Waals surface area contributed by atoms with Crippen LogP contribution in [0.25, 0.3) is 17.1 Å². The fourth-order valence-corrected chi connectivity index (χ4v) is 3.39. The number of aromatic nitrogens is 4. The van der Waals surface area contributed by atoms with Gasteiger partial charge >= 0.3 is 11.1 Å². The number of benzene rings is 2. The van der Waals surface area contributed by atoms with E-state index in [9.17, 15) is 9.59 Å². The molecule has 2 heterocycles. The van der Waals surface area contributed by atoms with E-state index in [1.807, 2.05) is 6.92 Å². The maximum Gasteiger partial charge on any atom is 0.321 e. The van der Waals surface area contributed by atoms with Crippen LogP contribution in [0.5, 0.6) is 17.2 Å². The summed E-state index contributed by atoms with van der Waals surface area (Å²) in [7, 11) is 3.05. The van der Waals surface area contributed by atoms with Crippen molar-refractivity contribution in [2.24, 2.45) is 0 Å². The van der Waals surface area contributed by atoms with Gasteiger partial charge in [-0.25, -0.2) is 0 Å². The summed E-state index contributed by atoms with van der Waals surface area (Å²) in [5.41, 5.74) is -0.401. The Morgan fingerprint density at radius 1 is 0.939 bits per heavy atom. The van der Waals surface area contributed by atoms with Crippen molar-refractivity contribution in [3.63, 3.8) is 0 Å². The molecule has 0 atom stereocenters. The van der Waals surface area contributed by atoms with Crippen LogP contribution in [0.2, 0.25) is 0 Å². The van der Waals surface area contributed by atoms with Gasteiger partial charge in [-0.1, -0.05) is 23.4 Å². The molecular weight excluding hydrogens is 428 g/mol. The molecule has 170 valence electrons. The van der Waals surface area contributed by atoms with Crippen LogP contribution in [0.3, 0.4) is 0 Å². The SMILES string of the molecule is CCOc1ccccc1-n1ccn(Cc2nc(-c3cccc(OC)c3OC)no2)c(=O)c1=O. The monoisotopic (exact) mass is 450 g/mol. The lowest BCUT2D eigenvalue weighted by atomic mass is 10.1. The Hall–Kier alpha value is -4.34. The van der Waals surface area contributed by atoms with Gasteiger partial charge in [0.05, 0.1) is 32.1 Å². The maximum atomic E-state index is 12.8. The minimum absolute atomic E-state index is 0.0682. The van der Waals surface area contributed by atoms with Crippen LogP contribution >= 0.6 is 0 Å². The standard InChI is InChI=1S/C23H22N4O6/c1-4-32-17-10-6-5-9-16(17)27-13-12-26(22(28)23(27)29)14-19-24-21(25-33-19)15-8-7-11-18(30-2)20(15)31-3/h5-13H,4,14H2,1-3H3. The number of methoxy groups -OCH3 is 2. The second-order valence-corrected chi connectivity index (χ2v) is 6.86. The van der Waals surface area contributed by atoms with E-state index >= 15 is 0 Å². The molecule has 0 aliphatic heterocycles. The molecule has 2 aromatic heterocycles. The first kappa shape index (κ1) is 21.9. The van der Waals surface area contributed by atoms with Gasteiger partial charge in [0.1, 0.15) is 12.3 Å². The van der Waals surface area contributed by atoms with Crippen molar-refractivity contribution in [2.75, 3.05) is 20.8 Å². The van der Waals surface area contributed by atoms with Crippen LogP contribution in [-0.4, -0.2) is 40.1 Å². The normalized spacial score (nSPS) is 10.8. The number of hydrogen-bond donors (Lipinski definition) is 0. The van der Waals surface area contributed by atoms with E-state index < -0.39 is 11.1 Å². The molecule has 0 N–H and O–H groups in total. The van der Waals surface area contributed by atoms with E-state index in [4.69, 9.17) is 18.7 Å². The van der Waals surface area contributed by atoms with Gasteiger partial charge in [-0.05, 0) is 31.2 Å². The van der Waals surface area contributed by atoms with Gasteiger partial charge < -0.3 is 18.7 Å². The Balaban J connectivity index is 1.65. The van der Waals surface area contributed by atoms with Crippen molar-refractivity contribution in [3.8, 4) is 34.3 Å². The molecule has 10 heteroatoms. The zero-order valence-corrected chi connectivity index (χ0v) is 18.3. The number of hydrogen-bond acceptors (Lipinski definition) is 8. The topological polar surface area (TPSA) is 111 Å². The smallest absolute Gasteiger partial charge is 0.321 e. The molecule has 0 unspecified atom stereocenters. The molecule has 4 aromatic rings. The molecule has 0 spiro atoms. The highest BCUT2D eigenvalue weighted by Gasteiger charge is 2.18. The number of nitrogens with zero attached hydrogens (tertiary/aromatic N) is 4. The number of rotatable bonds is 8. The van der Waals surface area contributed by atoms with Gasteiger partial charge in [0.25, 0.3) is 0 Å². The predicted molar refractivity (Wildman–Crippen MR) is 119 cm³/mol. The molecule has 0 aliphatic rings. The summed E-state index contributed by atoms with van der Waals surface area (Å²) in [6.45, 7) is 2.21. The minimum Gasteiger partial charge on any atom is -0.493 e. The van der Waals surface area contributed by atoms with Crippen LogP contribution in [0.15, 0.2) is 69.0 Å². The molecule has 0 amide bonds. The average Bonchev–Trinajstić information content (AvgIpc) is 3.31. The molecule has 2 aromatic carbocycles. The van der Waals surface area contributed by atoms with Gasteiger partial charge in [0.2, 0.25) is 11.7 Å². The van der Waals surface area contributed by atoms with Crippen molar-refractivity contribution in [3.05, 3.63) is 81.5 Å². The second kappa shape index (κ2) is 9.43. The Morgan fingerprint density at radius 2 is 1.73 bits per heavy atom. The van der Waals surface area contributed by atoms with Gasteiger partial charge in [0, 0.05) is 12.4 Å². The predicted octanol–water partition coefficient (Wildman–Crippen LogP) is 2.51. The van der Waals surface area contributed by atoms with Crippen molar-refractivity contribution in [2.45, 2.75) is 13.5 Å². The number of para-hydroxylation sites is 3. The molecule has 33 heavy (non-hydrogen) atoms. The zero-order valence-electron chi connectivity index (χ0n) is 18.3. The summed E-state index contributed by atoms with van der Waals surface area (Å²) in [4.78, 5) is 29.9. The third-order valence-electron chi connectivity index (χ3n) is 4.90. The minimum atomic E-state index is -0.734. The molecule has 0 radical (unpaired) electrons. The van der Waals surface area contributed by atoms with Crippen molar-refractivity contribution in [1.82, 2.24) is 19.3 Å². The Bertz CT molecular complexity index is 1390. The summed E-state index contributed by atoms with van der Waals surface area (Å²) >= 11 is 0. The lowest BCUT2D eigenvalue weighted by molar-refractivity contribution is 0.338. The van der Waals surface area contributed by atoms with E-state index in [1.165, 1.54) is 35.7 Å². The summed E-state index contributed by atoms with van der Waals surface area (Å²) in [5.74, 6) is 1.92. The molecule has 4 rings (SSSR count). The van der Waals surface area contributed by atoms with E-state index in [2.05, 4.69) is 10.1 Å². The van der Waals surface area contributed by atoms with Crippen LogP contribution < -0.4 is 25.3 Å². The first-order chi connectivity index (χ1) is 16.1. The molecule has 0 saturated heterocycles. The van der Waals surface area contributed by atoms with E-state index in [-0.39, 0.29) is 18.3 Å². The summed E-state index contributed by atoms with van der Waals surface area (Å²) < 4.78 is 24.1. The van der Waals surface area contributed by atoms with Crippen molar-refractivity contribution >= 4 is 0 Å². The Labute approximate surface area is 188 Å². The molecule has 0 aliphatic carbocycles. The highest BCUT2D eigenvalue weighted by molar-refractivity contribution is 5.68. The van der Waals surface area contributed by atoms with Gasteiger partial charge in [-0.3, -0.25) is 18.7 Å². The largest absolute Gasteiger partial charge is 0.493 e. The summed E-state index contributed by atoms with van der Waals surface area (Å²) in [6, 6.07) is 12.3. The van der Waals surface area contributed by atoms with Crippen molar-refractivity contribution in [1.29, 1.82) is 0 Å². The van der Waals surface area contributed by atoms with Crippen molar-refractivity contribution < 1.29 is 18.7 Å². The van der Waals surface area contributed by atoms with E-state index in [0.29, 0.717) is 35.1 Å². The van der Waals surface area contributed by atoms with E-state index in [1.54, 1.807) is 42.5 Å². The first-order valence-corrected chi connectivity index (χ1v) is 10.2. The zero-order chi connectivity index (χ0) is 23.4. The van der Waals surface area contributed by atoms with Crippen LogP contribution in [-0.2, 0) is 6.54 Å². The Kier molecular flexibility index (Phi) is 6.25. The second-order valence-electron chi connectivity index (χ2n) is 6.86. The quantitative estimate of drug-likeness (QED) is 0.377. The number of ether oxygens (including phenoxy) is 3. The maximum absolute atomic E-state index is 12.8. The fraction of sp³-hybridized carbons (Fsp3) is 0.217. The molecule has 0 bridgehead atoms. The van der Waals surface area contributed by atoms with Crippen LogP contribution in [0, 0.1) is 0 Å². The van der Waals surface area contributed by atoms with Gasteiger partial charge in [0.15, 0.2) is 11.5 Å². The third kappa shape index (κ3) is 4.22. The van der Waals surface area contributed by atoms with Crippen LogP contribution in [0.4, 0.5) is 0 Å². The molecule has 10 nitrogen and oxygen atoms in total. The Morgan fingerprint density at radius 3 is 2.48 bits per heavy atom. The average molecular weight is 450 g/mol. The highest BCUT2D eigenvalue weighted by atomic mass is 16.5. The summed E-state index contributed by atoms with van der Waals surface area (Å²) in [6.07, 6.45) is 2.99. The lowest BCUT2D eigenvalue weighted by Gasteiger charge is -2.12. The third-order valence-corrected chi connectivity index (χ3v) is 4.90. The highest BCUT2D eigenvalue weighted by Crippen LogP contribution is 2.36. The summed E-state index contributed by atoms with van der Waals surface area (Å²) in [5, 5.41) is 3.98.